The molecule has 1 saturated heterocycles. The van der Waals surface area contributed by atoms with Crippen LogP contribution in [0.15, 0.2) is 16.8 Å². The molecular formula is C21H32N6O3. The van der Waals surface area contributed by atoms with E-state index in [1.54, 1.807) is 17.7 Å². The van der Waals surface area contributed by atoms with E-state index in [4.69, 9.17) is 4.52 Å². The first-order valence-electron chi connectivity index (χ1n) is 10.8. The molecule has 1 fully saturated rings. The summed E-state index contributed by atoms with van der Waals surface area (Å²) in [5.74, 6) is 1.62. The number of amides is 2. The van der Waals surface area contributed by atoms with Crippen LogP contribution in [0, 0.1) is 5.92 Å². The lowest BCUT2D eigenvalue weighted by Gasteiger charge is -2.38. The highest BCUT2D eigenvalue weighted by Gasteiger charge is 2.30. The minimum atomic E-state index is -0.0769. The molecule has 164 valence electrons. The number of hydrogen-bond acceptors (Lipinski definition) is 6. The van der Waals surface area contributed by atoms with Crippen molar-refractivity contribution >= 4 is 11.8 Å². The Hall–Kier alpha value is -2.71. The zero-order valence-corrected chi connectivity index (χ0v) is 18.4. The summed E-state index contributed by atoms with van der Waals surface area (Å²) < 4.78 is 7.04. The van der Waals surface area contributed by atoms with Crippen LogP contribution in [0.4, 0.5) is 0 Å². The van der Waals surface area contributed by atoms with Gasteiger partial charge in [0.15, 0.2) is 5.82 Å². The maximum absolute atomic E-state index is 12.9. The molecule has 3 heterocycles. The standard InChI is InChI=1S/C21H32N6O3/c1-5-26-11-8-18(23-26)21(29)25-10-6-7-17(14-25)27(16(4)28)12-9-19-22-20(30-24-19)13-15(2)3/h8,11,15,17H,5-7,9-10,12-14H2,1-4H3. The van der Waals surface area contributed by atoms with Gasteiger partial charge in [-0.1, -0.05) is 19.0 Å². The summed E-state index contributed by atoms with van der Waals surface area (Å²) >= 11 is 0. The van der Waals surface area contributed by atoms with Crippen molar-refractivity contribution in [2.75, 3.05) is 19.6 Å². The van der Waals surface area contributed by atoms with Crippen molar-refractivity contribution in [3.63, 3.8) is 0 Å². The first-order chi connectivity index (χ1) is 14.4. The Labute approximate surface area is 177 Å². The molecule has 0 radical (unpaired) electrons. The maximum atomic E-state index is 12.9. The van der Waals surface area contributed by atoms with Gasteiger partial charge in [0.1, 0.15) is 5.69 Å². The molecular weight excluding hydrogens is 384 g/mol. The molecule has 0 N–H and O–H groups in total. The number of hydrogen-bond donors (Lipinski definition) is 0. The molecule has 0 aliphatic carbocycles. The van der Waals surface area contributed by atoms with Gasteiger partial charge in [-0.15, -0.1) is 0 Å². The highest BCUT2D eigenvalue weighted by atomic mass is 16.5. The number of nitrogens with zero attached hydrogens (tertiary/aromatic N) is 6. The first kappa shape index (κ1) is 22.0. The largest absolute Gasteiger partial charge is 0.339 e. The Bertz CT molecular complexity index is 859. The van der Waals surface area contributed by atoms with E-state index in [9.17, 15) is 9.59 Å². The second-order valence-corrected chi connectivity index (χ2v) is 8.27. The van der Waals surface area contributed by atoms with E-state index in [0.717, 1.165) is 25.8 Å². The van der Waals surface area contributed by atoms with Crippen LogP contribution in [0.25, 0.3) is 0 Å². The van der Waals surface area contributed by atoms with E-state index < -0.39 is 0 Å². The minimum absolute atomic E-state index is 0.00420. The third-order valence-electron chi connectivity index (χ3n) is 5.38. The van der Waals surface area contributed by atoms with E-state index in [1.807, 2.05) is 22.9 Å². The molecule has 1 unspecified atom stereocenters. The molecule has 30 heavy (non-hydrogen) atoms. The normalized spacial score (nSPS) is 16.8. The average molecular weight is 417 g/mol. The second-order valence-electron chi connectivity index (χ2n) is 8.27. The van der Waals surface area contributed by atoms with Gasteiger partial charge in [-0.3, -0.25) is 14.3 Å². The zero-order valence-electron chi connectivity index (χ0n) is 18.4. The fraction of sp³-hybridized carbons (Fsp3) is 0.667. The monoisotopic (exact) mass is 416 g/mol. The molecule has 9 nitrogen and oxygen atoms in total. The van der Waals surface area contributed by atoms with Crippen LogP contribution in [0.3, 0.4) is 0 Å². The van der Waals surface area contributed by atoms with Crippen LogP contribution in [-0.4, -0.2) is 67.2 Å². The highest BCUT2D eigenvalue weighted by molar-refractivity contribution is 5.92. The van der Waals surface area contributed by atoms with Gasteiger partial charge < -0.3 is 14.3 Å². The summed E-state index contributed by atoms with van der Waals surface area (Å²) in [7, 11) is 0. The van der Waals surface area contributed by atoms with Gasteiger partial charge in [0.05, 0.1) is 0 Å². The molecule has 1 aliphatic rings. The molecule has 1 atom stereocenters. The molecule has 2 amide bonds. The number of carbonyl (C=O) groups is 2. The van der Waals surface area contributed by atoms with Crippen LogP contribution in [-0.2, 0) is 24.2 Å². The van der Waals surface area contributed by atoms with Gasteiger partial charge in [-0.2, -0.15) is 10.1 Å². The van der Waals surface area contributed by atoms with Crippen LogP contribution in [0.5, 0.6) is 0 Å². The number of aromatic nitrogens is 4. The Kier molecular flexibility index (Phi) is 7.23. The first-order valence-corrected chi connectivity index (χ1v) is 10.8. The average Bonchev–Trinajstić information content (AvgIpc) is 3.36. The Morgan fingerprint density at radius 3 is 2.83 bits per heavy atom. The predicted octanol–water partition coefficient (Wildman–Crippen LogP) is 2.18. The summed E-state index contributed by atoms with van der Waals surface area (Å²) in [6.07, 6.45) is 4.82. The number of piperidine rings is 1. The van der Waals surface area contributed by atoms with Crippen molar-refractivity contribution in [1.29, 1.82) is 0 Å². The van der Waals surface area contributed by atoms with Gasteiger partial charge in [0.25, 0.3) is 5.91 Å². The fourth-order valence-corrected chi connectivity index (χ4v) is 3.85. The van der Waals surface area contributed by atoms with Crippen LogP contribution in [0.1, 0.15) is 62.7 Å². The molecule has 0 aromatic carbocycles. The van der Waals surface area contributed by atoms with Crippen molar-refractivity contribution in [3.8, 4) is 0 Å². The fourth-order valence-electron chi connectivity index (χ4n) is 3.85. The maximum Gasteiger partial charge on any atom is 0.274 e. The SMILES string of the molecule is CCn1ccc(C(=O)N2CCCC(N(CCc3noc(CC(C)C)n3)C(C)=O)C2)n1. The zero-order chi connectivity index (χ0) is 21.7. The molecule has 2 aromatic heterocycles. The van der Waals surface area contributed by atoms with Crippen LogP contribution in [0.2, 0.25) is 0 Å². The molecule has 2 aromatic rings. The summed E-state index contributed by atoms with van der Waals surface area (Å²) in [5.41, 5.74) is 0.455. The van der Waals surface area contributed by atoms with Gasteiger partial charge >= 0.3 is 0 Å². The highest BCUT2D eigenvalue weighted by Crippen LogP contribution is 2.19. The summed E-state index contributed by atoms with van der Waals surface area (Å²) in [4.78, 5) is 33.3. The molecule has 3 rings (SSSR count). The van der Waals surface area contributed by atoms with E-state index in [-0.39, 0.29) is 17.9 Å². The van der Waals surface area contributed by atoms with E-state index in [2.05, 4.69) is 29.1 Å². The van der Waals surface area contributed by atoms with Crippen molar-refractivity contribution in [2.45, 2.75) is 66.0 Å². The van der Waals surface area contributed by atoms with E-state index in [1.165, 1.54) is 0 Å². The molecule has 0 bridgehead atoms. The van der Waals surface area contributed by atoms with Gasteiger partial charge in [0, 0.05) is 58.2 Å². The summed E-state index contributed by atoms with van der Waals surface area (Å²) in [6, 6.07) is 1.74. The van der Waals surface area contributed by atoms with Crippen molar-refractivity contribution in [1.82, 2.24) is 29.7 Å². The van der Waals surface area contributed by atoms with Crippen molar-refractivity contribution < 1.29 is 14.1 Å². The lowest BCUT2D eigenvalue weighted by Crippen LogP contribution is -2.51. The third kappa shape index (κ3) is 5.46. The number of aryl methyl sites for hydroxylation is 1. The summed E-state index contributed by atoms with van der Waals surface area (Å²) in [6.45, 7) is 10.2. The smallest absolute Gasteiger partial charge is 0.274 e. The van der Waals surface area contributed by atoms with Crippen LogP contribution >= 0.6 is 0 Å². The van der Waals surface area contributed by atoms with Gasteiger partial charge in [-0.25, -0.2) is 0 Å². The van der Waals surface area contributed by atoms with Crippen LogP contribution < -0.4 is 0 Å². The van der Waals surface area contributed by atoms with E-state index >= 15 is 0 Å². The Balaban J connectivity index is 1.61. The van der Waals surface area contributed by atoms with E-state index in [0.29, 0.717) is 49.4 Å². The number of rotatable bonds is 8. The van der Waals surface area contributed by atoms with Crippen molar-refractivity contribution in [2.24, 2.45) is 5.92 Å². The lowest BCUT2D eigenvalue weighted by atomic mass is 10.0. The Morgan fingerprint density at radius 1 is 1.37 bits per heavy atom. The predicted molar refractivity (Wildman–Crippen MR) is 111 cm³/mol. The molecule has 1 aliphatic heterocycles. The molecule has 9 heteroatoms. The quantitative estimate of drug-likeness (QED) is 0.654. The third-order valence-corrected chi connectivity index (χ3v) is 5.38. The summed E-state index contributed by atoms with van der Waals surface area (Å²) in [5, 5.41) is 8.37. The molecule has 0 saturated carbocycles. The topological polar surface area (TPSA) is 97.4 Å². The molecule has 0 spiro atoms. The van der Waals surface area contributed by atoms with Gasteiger partial charge in [0.2, 0.25) is 11.8 Å². The number of carbonyl (C=O) groups excluding carboxylic acids is 2. The second kappa shape index (κ2) is 9.86. The minimum Gasteiger partial charge on any atom is -0.339 e. The Morgan fingerprint density at radius 2 is 2.17 bits per heavy atom. The van der Waals surface area contributed by atoms with Crippen molar-refractivity contribution in [3.05, 3.63) is 29.7 Å². The van der Waals surface area contributed by atoms with Gasteiger partial charge in [-0.05, 0) is 31.7 Å². The lowest BCUT2D eigenvalue weighted by molar-refractivity contribution is -0.132. The number of likely N-dealkylation sites (tertiary alicyclic amines) is 1.